The van der Waals surface area contributed by atoms with Crippen molar-refractivity contribution in [1.82, 2.24) is 5.32 Å². The van der Waals surface area contributed by atoms with Gasteiger partial charge in [0.2, 0.25) is 0 Å². The third kappa shape index (κ3) is 5.00. The zero-order valence-electron chi connectivity index (χ0n) is 12.5. The number of phenolic OH excluding ortho intramolecular Hbond substituents is 1. The lowest BCUT2D eigenvalue weighted by Gasteiger charge is -2.14. The standard InChI is InChI=1S/C17H16ClNO4/c1-11(12-2-6-14(18)7-3-12)19-16(21)10-23-17(22)13-4-8-15(20)9-5-13/h2-9,11,20H,10H2,1H3,(H,19,21)/t11-/m1/s1. The molecule has 0 aromatic heterocycles. The first-order chi connectivity index (χ1) is 11.0. The second kappa shape index (κ2) is 7.65. The summed E-state index contributed by atoms with van der Waals surface area (Å²) in [6.07, 6.45) is 0. The third-order valence-electron chi connectivity index (χ3n) is 3.18. The lowest BCUT2D eigenvalue weighted by atomic mass is 10.1. The molecule has 1 atom stereocenters. The molecule has 2 rings (SSSR count). The predicted molar refractivity (Wildman–Crippen MR) is 86.4 cm³/mol. The van der Waals surface area contributed by atoms with Crippen molar-refractivity contribution < 1.29 is 19.4 Å². The van der Waals surface area contributed by atoms with Crippen LogP contribution in [0.4, 0.5) is 0 Å². The van der Waals surface area contributed by atoms with Gasteiger partial charge in [0, 0.05) is 5.02 Å². The van der Waals surface area contributed by atoms with Gasteiger partial charge in [0.05, 0.1) is 11.6 Å². The van der Waals surface area contributed by atoms with E-state index in [1.54, 1.807) is 12.1 Å². The second-order valence-electron chi connectivity index (χ2n) is 4.96. The van der Waals surface area contributed by atoms with Gasteiger partial charge >= 0.3 is 5.97 Å². The molecule has 0 aliphatic heterocycles. The molecular formula is C17H16ClNO4. The number of esters is 1. The van der Waals surface area contributed by atoms with Crippen LogP contribution >= 0.6 is 11.6 Å². The van der Waals surface area contributed by atoms with Crippen LogP contribution in [0.2, 0.25) is 5.02 Å². The Morgan fingerprint density at radius 3 is 2.35 bits per heavy atom. The molecule has 0 saturated heterocycles. The summed E-state index contributed by atoms with van der Waals surface area (Å²) in [6.45, 7) is 1.45. The maximum Gasteiger partial charge on any atom is 0.338 e. The quantitative estimate of drug-likeness (QED) is 0.824. The van der Waals surface area contributed by atoms with Crippen molar-refractivity contribution in [3.8, 4) is 5.75 Å². The molecule has 1 amide bonds. The number of carbonyl (C=O) groups excluding carboxylic acids is 2. The van der Waals surface area contributed by atoms with Gasteiger partial charge in [-0.3, -0.25) is 4.79 Å². The number of aromatic hydroxyl groups is 1. The van der Waals surface area contributed by atoms with E-state index in [1.807, 2.05) is 19.1 Å². The van der Waals surface area contributed by atoms with E-state index in [-0.39, 0.29) is 24.0 Å². The molecule has 6 heteroatoms. The molecule has 0 radical (unpaired) electrons. The molecule has 0 spiro atoms. The van der Waals surface area contributed by atoms with Crippen LogP contribution in [0.1, 0.15) is 28.9 Å². The Hall–Kier alpha value is -2.53. The van der Waals surface area contributed by atoms with Crippen LogP contribution in [-0.2, 0) is 9.53 Å². The second-order valence-corrected chi connectivity index (χ2v) is 5.40. The van der Waals surface area contributed by atoms with Crippen molar-refractivity contribution in [2.24, 2.45) is 0 Å². The van der Waals surface area contributed by atoms with Crippen LogP contribution in [0.3, 0.4) is 0 Å². The summed E-state index contributed by atoms with van der Waals surface area (Å²) in [5, 5.41) is 12.5. The lowest BCUT2D eigenvalue weighted by Crippen LogP contribution is -2.31. The molecule has 0 aliphatic rings. The summed E-state index contributed by atoms with van der Waals surface area (Å²) >= 11 is 5.81. The maximum atomic E-state index is 11.8. The van der Waals surface area contributed by atoms with Crippen LogP contribution in [0.25, 0.3) is 0 Å². The summed E-state index contributed by atoms with van der Waals surface area (Å²) in [5.41, 5.74) is 1.16. The average Bonchev–Trinajstić information content (AvgIpc) is 2.54. The van der Waals surface area contributed by atoms with Crippen molar-refractivity contribution in [2.45, 2.75) is 13.0 Å². The van der Waals surface area contributed by atoms with Gasteiger partial charge in [-0.1, -0.05) is 23.7 Å². The fourth-order valence-electron chi connectivity index (χ4n) is 1.93. The third-order valence-corrected chi connectivity index (χ3v) is 3.44. The fourth-order valence-corrected chi connectivity index (χ4v) is 2.06. The number of carbonyl (C=O) groups is 2. The minimum Gasteiger partial charge on any atom is -0.508 e. The Morgan fingerprint density at radius 2 is 1.74 bits per heavy atom. The van der Waals surface area contributed by atoms with Crippen LogP contribution < -0.4 is 5.32 Å². The number of nitrogens with one attached hydrogen (secondary N) is 1. The number of benzene rings is 2. The minimum absolute atomic E-state index is 0.0519. The van der Waals surface area contributed by atoms with E-state index >= 15 is 0 Å². The molecule has 0 aliphatic carbocycles. The first-order valence-corrected chi connectivity index (χ1v) is 7.34. The molecule has 0 heterocycles. The summed E-state index contributed by atoms with van der Waals surface area (Å²) in [4.78, 5) is 23.6. The number of ether oxygens (including phenoxy) is 1. The van der Waals surface area contributed by atoms with Crippen molar-refractivity contribution in [2.75, 3.05) is 6.61 Å². The minimum atomic E-state index is -0.626. The van der Waals surface area contributed by atoms with E-state index < -0.39 is 11.9 Å². The highest BCUT2D eigenvalue weighted by Crippen LogP contribution is 2.16. The van der Waals surface area contributed by atoms with E-state index in [4.69, 9.17) is 21.4 Å². The summed E-state index contributed by atoms with van der Waals surface area (Å²) in [5.74, 6) is -0.977. The Kier molecular flexibility index (Phi) is 5.60. The number of halogens is 1. The number of hydrogen-bond donors (Lipinski definition) is 2. The average molecular weight is 334 g/mol. The normalized spacial score (nSPS) is 11.6. The number of phenols is 1. The van der Waals surface area contributed by atoms with E-state index in [0.29, 0.717) is 5.02 Å². The van der Waals surface area contributed by atoms with Crippen LogP contribution in [0, 0.1) is 0 Å². The Balaban J connectivity index is 1.83. The van der Waals surface area contributed by atoms with Gasteiger partial charge in [-0.25, -0.2) is 4.79 Å². The van der Waals surface area contributed by atoms with Gasteiger partial charge in [0.15, 0.2) is 6.61 Å². The van der Waals surface area contributed by atoms with Gasteiger partial charge in [-0.15, -0.1) is 0 Å². The van der Waals surface area contributed by atoms with Crippen molar-refractivity contribution in [1.29, 1.82) is 0 Å². The van der Waals surface area contributed by atoms with Crippen molar-refractivity contribution in [3.05, 3.63) is 64.7 Å². The Morgan fingerprint density at radius 1 is 1.13 bits per heavy atom. The highest BCUT2D eigenvalue weighted by Gasteiger charge is 2.13. The van der Waals surface area contributed by atoms with Gasteiger partial charge in [-0.05, 0) is 48.9 Å². The lowest BCUT2D eigenvalue weighted by molar-refractivity contribution is -0.124. The largest absolute Gasteiger partial charge is 0.508 e. The highest BCUT2D eigenvalue weighted by atomic mass is 35.5. The highest BCUT2D eigenvalue weighted by molar-refractivity contribution is 6.30. The topological polar surface area (TPSA) is 75.6 Å². The first kappa shape index (κ1) is 16.8. The molecule has 5 nitrogen and oxygen atoms in total. The fraction of sp³-hybridized carbons (Fsp3) is 0.176. The number of hydrogen-bond acceptors (Lipinski definition) is 4. The SMILES string of the molecule is C[C@@H](NC(=O)COC(=O)c1ccc(O)cc1)c1ccc(Cl)cc1. The van der Waals surface area contributed by atoms with Gasteiger partial charge in [0.25, 0.3) is 5.91 Å². The molecule has 0 fully saturated rings. The molecule has 2 N–H and O–H groups in total. The van der Waals surface area contributed by atoms with Gasteiger partial charge < -0.3 is 15.2 Å². The Bertz CT molecular complexity index is 683. The van der Waals surface area contributed by atoms with Crippen molar-refractivity contribution >= 4 is 23.5 Å². The maximum absolute atomic E-state index is 11.8. The predicted octanol–water partition coefficient (Wildman–Crippen LogP) is 3.08. The van der Waals surface area contributed by atoms with Gasteiger partial charge in [0.1, 0.15) is 5.75 Å². The summed E-state index contributed by atoms with van der Waals surface area (Å²) in [7, 11) is 0. The zero-order chi connectivity index (χ0) is 16.8. The van der Waals surface area contributed by atoms with E-state index in [0.717, 1.165) is 5.56 Å². The van der Waals surface area contributed by atoms with E-state index in [1.165, 1.54) is 24.3 Å². The van der Waals surface area contributed by atoms with Crippen LogP contribution in [-0.4, -0.2) is 23.6 Å². The molecule has 2 aromatic carbocycles. The Labute approximate surface area is 138 Å². The summed E-state index contributed by atoms with van der Waals surface area (Å²) < 4.78 is 4.93. The monoisotopic (exact) mass is 333 g/mol. The van der Waals surface area contributed by atoms with Crippen LogP contribution in [0.5, 0.6) is 5.75 Å². The van der Waals surface area contributed by atoms with Crippen molar-refractivity contribution in [3.63, 3.8) is 0 Å². The molecular weight excluding hydrogens is 318 g/mol. The zero-order valence-corrected chi connectivity index (χ0v) is 13.2. The molecule has 120 valence electrons. The number of rotatable bonds is 5. The molecule has 0 bridgehead atoms. The molecule has 23 heavy (non-hydrogen) atoms. The summed E-state index contributed by atoms with van der Waals surface area (Å²) in [6, 6.07) is 12.5. The van der Waals surface area contributed by atoms with E-state index in [2.05, 4.69) is 5.32 Å². The number of amides is 1. The first-order valence-electron chi connectivity index (χ1n) is 6.96. The molecule has 0 saturated carbocycles. The molecule has 0 unspecified atom stereocenters. The van der Waals surface area contributed by atoms with Crippen LogP contribution in [0.15, 0.2) is 48.5 Å². The molecule has 2 aromatic rings. The smallest absolute Gasteiger partial charge is 0.338 e. The van der Waals surface area contributed by atoms with E-state index in [9.17, 15) is 9.59 Å². The van der Waals surface area contributed by atoms with Gasteiger partial charge in [-0.2, -0.15) is 0 Å².